The standard InChI is InChI=1S/C19H16.3ClH.Zr/c1-19(11-4-5-12-19)18-10-6-9-16-15-8-3-2-7-14(15)13-17(16)18;;;;/h2-12H,13H2,1H3;3*1H;/q;;;;+3/p-3. The zero-order valence-electron chi connectivity index (χ0n) is 12.7. The minimum Gasteiger partial charge on any atom is -1.00 e. The van der Waals surface area contributed by atoms with E-state index >= 15 is 0 Å². The van der Waals surface area contributed by atoms with Gasteiger partial charge in [-0.05, 0) is 41.2 Å². The van der Waals surface area contributed by atoms with E-state index in [-0.39, 0.29) is 68.8 Å². The Balaban J connectivity index is 0.00000121. The topological polar surface area (TPSA) is 0 Å². The summed E-state index contributed by atoms with van der Waals surface area (Å²) in [5.41, 5.74) is 7.30. The van der Waals surface area contributed by atoms with Gasteiger partial charge in [0.25, 0.3) is 0 Å². The van der Waals surface area contributed by atoms with E-state index in [0.717, 1.165) is 6.42 Å². The maximum atomic E-state index is 2.30. The summed E-state index contributed by atoms with van der Waals surface area (Å²) in [6, 6.07) is 15.5. The number of rotatable bonds is 1. The molecule has 4 rings (SSSR count). The van der Waals surface area contributed by atoms with E-state index < -0.39 is 0 Å². The van der Waals surface area contributed by atoms with Crippen LogP contribution in [0.2, 0.25) is 0 Å². The van der Waals surface area contributed by atoms with Crippen LogP contribution in [0.1, 0.15) is 23.6 Å². The second-order valence-corrected chi connectivity index (χ2v) is 5.67. The predicted molar refractivity (Wildman–Crippen MR) is 80.3 cm³/mol. The first kappa shape index (κ1) is 22.7. The van der Waals surface area contributed by atoms with E-state index in [2.05, 4.69) is 73.7 Å². The van der Waals surface area contributed by atoms with Crippen LogP contribution in [0.15, 0.2) is 66.8 Å². The van der Waals surface area contributed by atoms with Gasteiger partial charge in [-0.1, -0.05) is 66.8 Å². The molecule has 0 saturated heterocycles. The van der Waals surface area contributed by atoms with Crippen LogP contribution in [-0.2, 0) is 38.0 Å². The normalized spacial score (nSPS) is 14.5. The molecule has 117 valence electrons. The van der Waals surface area contributed by atoms with Crippen LogP contribution in [0.5, 0.6) is 0 Å². The first-order valence-corrected chi connectivity index (χ1v) is 6.86. The van der Waals surface area contributed by atoms with E-state index in [1.165, 1.54) is 27.8 Å². The number of allylic oxidation sites excluding steroid dienone is 4. The molecular formula is C19H16Cl3Zr. The minimum atomic E-state index is 0. The van der Waals surface area contributed by atoms with Gasteiger partial charge in [-0.25, -0.2) is 0 Å². The molecule has 0 N–H and O–H groups in total. The molecule has 0 nitrogen and oxygen atoms in total. The molecular weight excluding hydrogens is 426 g/mol. The summed E-state index contributed by atoms with van der Waals surface area (Å²) in [4.78, 5) is 0. The molecule has 0 aromatic heterocycles. The smallest absolute Gasteiger partial charge is 1.00 e. The predicted octanol–water partition coefficient (Wildman–Crippen LogP) is -4.35. The summed E-state index contributed by atoms with van der Waals surface area (Å²) >= 11 is 0. The average molecular weight is 442 g/mol. The van der Waals surface area contributed by atoms with Gasteiger partial charge >= 0.3 is 26.2 Å². The Morgan fingerprint density at radius 1 is 0.783 bits per heavy atom. The third kappa shape index (κ3) is 3.69. The number of benzene rings is 2. The molecule has 0 heterocycles. The second-order valence-electron chi connectivity index (χ2n) is 5.67. The van der Waals surface area contributed by atoms with E-state index in [1.807, 2.05) is 0 Å². The van der Waals surface area contributed by atoms with Crippen LogP contribution >= 0.6 is 0 Å². The van der Waals surface area contributed by atoms with Gasteiger partial charge in [0.1, 0.15) is 0 Å². The van der Waals surface area contributed by atoms with E-state index in [0.29, 0.717) is 0 Å². The van der Waals surface area contributed by atoms with Crippen LogP contribution in [0.25, 0.3) is 11.1 Å². The van der Waals surface area contributed by atoms with Crippen molar-refractivity contribution < 1.29 is 63.4 Å². The Bertz CT molecular complexity index is 723. The quantitative estimate of drug-likeness (QED) is 0.358. The van der Waals surface area contributed by atoms with Crippen molar-refractivity contribution >= 4 is 0 Å². The maximum absolute atomic E-state index is 2.30. The number of hydrogen-bond donors (Lipinski definition) is 0. The van der Waals surface area contributed by atoms with Crippen molar-refractivity contribution in [3.05, 3.63) is 83.5 Å². The van der Waals surface area contributed by atoms with Gasteiger partial charge in [-0.15, -0.1) is 0 Å². The first-order valence-electron chi connectivity index (χ1n) is 6.86. The number of hydrogen-bond acceptors (Lipinski definition) is 0. The summed E-state index contributed by atoms with van der Waals surface area (Å²) in [5, 5.41) is 0. The Morgan fingerprint density at radius 3 is 2.09 bits per heavy atom. The van der Waals surface area contributed by atoms with Crippen LogP contribution in [0.4, 0.5) is 0 Å². The fourth-order valence-electron chi connectivity index (χ4n) is 3.41. The van der Waals surface area contributed by atoms with Crippen LogP contribution in [0, 0.1) is 0 Å². The molecule has 2 aliphatic carbocycles. The van der Waals surface area contributed by atoms with Crippen LogP contribution in [0.3, 0.4) is 0 Å². The van der Waals surface area contributed by atoms with Gasteiger partial charge < -0.3 is 37.2 Å². The summed E-state index contributed by atoms with van der Waals surface area (Å²) < 4.78 is 0. The van der Waals surface area contributed by atoms with E-state index in [4.69, 9.17) is 0 Å². The zero-order valence-corrected chi connectivity index (χ0v) is 17.4. The Labute approximate surface area is 175 Å². The van der Waals surface area contributed by atoms with Crippen molar-refractivity contribution in [3.8, 4) is 11.1 Å². The molecule has 2 aliphatic rings. The van der Waals surface area contributed by atoms with Crippen molar-refractivity contribution in [2.75, 3.05) is 0 Å². The third-order valence-electron chi connectivity index (χ3n) is 4.43. The number of halogens is 3. The Morgan fingerprint density at radius 2 is 1.39 bits per heavy atom. The van der Waals surface area contributed by atoms with E-state index in [9.17, 15) is 0 Å². The first-order chi connectivity index (χ1) is 9.28. The maximum Gasteiger partial charge on any atom is 3.00 e. The molecule has 0 aliphatic heterocycles. The van der Waals surface area contributed by atoms with Crippen molar-refractivity contribution in [3.63, 3.8) is 0 Å². The third-order valence-corrected chi connectivity index (χ3v) is 4.43. The molecule has 0 unspecified atom stereocenters. The van der Waals surface area contributed by atoms with Gasteiger partial charge in [0.05, 0.1) is 0 Å². The molecule has 0 saturated carbocycles. The molecule has 0 atom stereocenters. The molecule has 0 amide bonds. The molecule has 23 heavy (non-hydrogen) atoms. The van der Waals surface area contributed by atoms with Gasteiger partial charge in [-0.3, -0.25) is 0 Å². The number of fused-ring (bicyclic) bond motifs is 3. The summed E-state index contributed by atoms with van der Waals surface area (Å²) in [6.45, 7) is 2.30. The van der Waals surface area contributed by atoms with Crippen molar-refractivity contribution in [1.29, 1.82) is 0 Å². The largest absolute Gasteiger partial charge is 3.00 e. The van der Waals surface area contributed by atoms with Crippen LogP contribution < -0.4 is 37.2 Å². The molecule has 2 aromatic rings. The Hall–Kier alpha value is -0.327. The second kappa shape index (κ2) is 8.68. The fraction of sp³-hybridized carbons (Fsp3) is 0.158. The molecule has 1 radical (unpaired) electrons. The molecule has 4 heteroatoms. The summed E-state index contributed by atoms with van der Waals surface area (Å²) in [5.74, 6) is 0. The van der Waals surface area contributed by atoms with Crippen molar-refractivity contribution in [2.45, 2.75) is 18.8 Å². The van der Waals surface area contributed by atoms with Crippen molar-refractivity contribution in [1.82, 2.24) is 0 Å². The molecule has 2 aromatic carbocycles. The molecule has 0 fully saturated rings. The SMILES string of the molecule is CC1(c2cccc3c2Cc2ccccc2-3)C=CC=C1.[Cl-].[Cl-].[Cl-].[Zr+3]. The fourth-order valence-corrected chi connectivity index (χ4v) is 3.41. The van der Waals surface area contributed by atoms with Gasteiger partial charge in [0, 0.05) is 5.41 Å². The van der Waals surface area contributed by atoms with E-state index in [1.54, 1.807) is 0 Å². The van der Waals surface area contributed by atoms with Gasteiger partial charge in [0.2, 0.25) is 0 Å². The minimum absolute atomic E-state index is 0. The molecule has 0 bridgehead atoms. The monoisotopic (exact) mass is 439 g/mol. The zero-order chi connectivity index (χ0) is 12.9. The van der Waals surface area contributed by atoms with Gasteiger partial charge in [0.15, 0.2) is 0 Å². The van der Waals surface area contributed by atoms with Crippen LogP contribution in [-0.4, -0.2) is 0 Å². The summed E-state index contributed by atoms with van der Waals surface area (Å²) in [6.07, 6.45) is 9.97. The Kier molecular flexibility index (Phi) is 8.55. The van der Waals surface area contributed by atoms with Crippen molar-refractivity contribution in [2.24, 2.45) is 0 Å². The molecule has 0 spiro atoms. The average Bonchev–Trinajstić information content (AvgIpc) is 3.02. The van der Waals surface area contributed by atoms with Gasteiger partial charge in [-0.2, -0.15) is 0 Å². The summed E-state index contributed by atoms with van der Waals surface area (Å²) in [7, 11) is 0.